The minimum absolute atomic E-state index is 0.237. The molecule has 1 aromatic rings. The molecule has 0 N–H and O–H groups in total. The molecule has 110 valence electrons. The summed E-state index contributed by atoms with van der Waals surface area (Å²) in [4.78, 5) is 24.3. The summed E-state index contributed by atoms with van der Waals surface area (Å²) in [6.07, 6.45) is 0.484. The molecule has 20 heavy (non-hydrogen) atoms. The normalized spacial score (nSPS) is 9.90. The van der Waals surface area contributed by atoms with Crippen molar-refractivity contribution < 1.29 is 19.1 Å². The molecule has 5 nitrogen and oxygen atoms in total. The van der Waals surface area contributed by atoms with E-state index in [1.165, 1.54) is 4.90 Å². The van der Waals surface area contributed by atoms with Crippen LogP contribution in [0.5, 0.6) is 0 Å². The number of esters is 1. The van der Waals surface area contributed by atoms with Gasteiger partial charge >= 0.3 is 12.1 Å². The summed E-state index contributed by atoms with van der Waals surface area (Å²) in [7, 11) is 1.65. The molecule has 0 aliphatic carbocycles. The standard InChI is InChI=1S/C15H21NO4/c1-3-19-14(17)10-7-11-16(2)15(18)20-12-13-8-5-4-6-9-13/h4-6,8-9H,3,7,10-12H2,1-2H3. The third-order valence-corrected chi connectivity index (χ3v) is 2.70. The van der Waals surface area contributed by atoms with Gasteiger partial charge in [0.15, 0.2) is 0 Å². The fourth-order valence-electron chi connectivity index (χ4n) is 1.61. The molecule has 0 aromatic heterocycles. The maximum Gasteiger partial charge on any atom is 0.409 e. The van der Waals surface area contributed by atoms with E-state index in [-0.39, 0.29) is 12.6 Å². The Morgan fingerprint density at radius 2 is 1.85 bits per heavy atom. The Kier molecular flexibility index (Phi) is 7.17. The second kappa shape index (κ2) is 8.96. The highest BCUT2D eigenvalue weighted by atomic mass is 16.6. The first kappa shape index (κ1) is 16.0. The van der Waals surface area contributed by atoms with E-state index in [9.17, 15) is 9.59 Å². The molecule has 0 atom stereocenters. The zero-order chi connectivity index (χ0) is 14.8. The van der Waals surface area contributed by atoms with Gasteiger partial charge in [0.1, 0.15) is 6.61 Å². The van der Waals surface area contributed by atoms with Gasteiger partial charge in [-0.25, -0.2) is 4.79 Å². The highest BCUT2D eigenvalue weighted by molar-refractivity contribution is 5.69. The Morgan fingerprint density at radius 1 is 1.15 bits per heavy atom. The first-order chi connectivity index (χ1) is 9.63. The van der Waals surface area contributed by atoms with Crippen molar-refractivity contribution in [2.45, 2.75) is 26.4 Å². The van der Waals surface area contributed by atoms with Crippen LogP contribution in [-0.4, -0.2) is 37.2 Å². The van der Waals surface area contributed by atoms with Crippen LogP contribution in [0.4, 0.5) is 4.79 Å². The molecule has 0 radical (unpaired) electrons. The van der Waals surface area contributed by atoms with Gasteiger partial charge in [-0.15, -0.1) is 0 Å². The van der Waals surface area contributed by atoms with Crippen LogP contribution in [0.1, 0.15) is 25.3 Å². The highest BCUT2D eigenvalue weighted by Gasteiger charge is 2.11. The number of ether oxygens (including phenoxy) is 2. The lowest BCUT2D eigenvalue weighted by Gasteiger charge is -2.16. The van der Waals surface area contributed by atoms with E-state index in [0.29, 0.717) is 26.0 Å². The summed E-state index contributed by atoms with van der Waals surface area (Å²) < 4.78 is 9.98. The van der Waals surface area contributed by atoms with Crippen LogP contribution in [0.25, 0.3) is 0 Å². The van der Waals surface area contributed by atoms with E-state index >= 15 is 0 Å². The van der Waals surface area contributed by atoms with Crippen molar-refractivity contribution in [2.24, 2.45) is 0 Å². The minimum Gasteiger partial charge on any atom is -0.466 e. The molecule has 0 spiro atoms. The lowest BCUT2D eigenvalue weighted by atomic mass is 10.2. The lowest BCUT2D eigenvalue weighted by Crippen LogP contribution is -2.28. The van der Waals surface area contributed by atoms with Crippen molar-refractivity contribution in [1.29, 1.82) is 0 Å². The van der Waals surface area contributed by atoms with Crippen molar-refractivity contribution in [3.8, 4) is 0 Å². The molecule has 0 saturated heterocycles. The Bertz CT molecular complexity index is 419. The molecular formula is C15H21NO4. The van der Waals surface area contributed by atoms with E-state index in [2.05, 4.69) is 0 Å². The zero-order valence-corrected chi connectivity index (χ0v) is 12.0. The molecule has 1 amide bonds. The minimum atomic E-state index is -0.391. The van der Waals surface area contributed by atoms with Gasteiger partial charge in [-0.2, -0.15) is 0 Å². The molecule has 0 fully saturated rings. The van der Waals surface area contributed by atoms with Crippen molar-refractivity contribution >= 4 is 12.1 Å². The summed E-state index contributed by atoms with van der Waals surface area (Å²) in [5, 5.41) is 0. The fraction of sp³-hybridized carbons (Fsp3) is 0.467. The van der Waals surface area contributed by atoms with Gasteiger partial charge in [0.2, 0.25) is 0 Å². The van der Waals surface area contributed by atoms with Gasteiger partial charge in [0.25, 0.3) is 0 Å². The topological polar surface area (TPSA) is 55.8 Å². The third kappa shape index (κ3) is 6.22. The smallest absolute Gasteiger partial charge is 0.409 e. The second-order valence-electron chi connectivity index (χ2n) is 4.37. The van der Waals surface area contributed by atoms with Crippen molar-refractivity contribution in [3.05, 3.63) is 35.9 Å². The van der Waals surface area contributed by atoms with Crippen LogP contribution >= 0.6 is 0 Å². The molecule has 0 aliphatic heterocycles. The van der Waals surface area contributed by atoms with Gasteiger partial charge in [0, 0.05) is 20.0 Å². The van der Waals surface area contributed by atoms with Gasteiger partial charge in [0.05, 0.1) is 6.61 Å². The Labute approximate surface area is 119 Å². The van der Waals surface area contributed by atoms with Crippen molar-refractivity contribution in [2.75, 3.05) is 20.2 Å². The van der Waals surface area contributed by atoms with E-state index in [1.54, 1.807) is 14.0 Å². The maximum absolute atomic E-state index is 11.7. The Balaban J connectivity index is 2.21. The SMILES string of the molecule is CCOC(=O)CCCN(C)C(=O)OCc1ccccc1. The molecule has 5 heteroatoms. The summed E-state index contributed by atoms with van der Waals surface area (Å²) in [5.74, 6) is -0.237. The number of rotatable bonds is 7. The molecular weight excluding hydrogens is 258 g/mol. The van der Waals surface area contributed by atoms with E-state index < -0.39 is 6.09 Å². The molecule has 1 rings (SSSR count). The van der Waals surface area contributed by atoms with Gasteiger partial charge in [-0.3, -0.25) is 4.79 Å². The van der Waals surface area contributed by atoms with Crippen molar-refractivity contribution in [1.82, 2.24) is 4.90 Å². The number of nitrogens with zero attached hydrogens (tertiary/aromatic N) is 1. The maximum atomic E-state index is 11.7. The summed E-state index contributed by atoms with van der Waals surface area (Å²) in [5.41, 5.74) is 0.945. The van der Waals surface area contributed by atoms with Crippen LogP contribution < -0.4 is 0 Å². The number of benzene rings is 1. The summed E-state index contributed by atoms with van der Waals surface area (Å²) in [6, 6.07) is 9.49. The summed E-state index contributed by atoms with van der Waals surface area (Å²) in [6.45, 7) is 2.87. The van der Waals surface area contributed by atoms with Crippen LogP contribution in [0, 0.1) is 0 Å². The lowest BCUT2D eigenvalue weighted by molar-refractivity contribution is -0.143. The van der Waals surface area contributed by atoms with Crippen LogP contribution in [0.15, 0.2) is 30.3 Å². The average molecular weight is 279 g/mol. The first-order valence-electron chi connectivity index (χ1n) is 6.71. The van der Waals surface area contributed by atoms with Gasteiger partial charge < -0.3 is 14.4 Å². The van der Waals surface area contributed by atoms with E-state index in [0.717, 1.165) is 5.56 Å². The molecule has 1 aromatic carbocycles. The second-order valence-corrected chi connectivity index (χ2v) is 4.37. The predicted molar refractivity (Wildman–Crippen MR) is 75.1 cm³/mol. The van der Waals surface area contributed by atoms with Crippen LogP contribution in [-0.2, 0) is 20.9 Å². The first-order valence-corrected chi connectivity index (χ1v) is 6.71. The number of amides is 1. The number of carbonyl (C=O) groups is 2. The molecule has 0 aliphatic rings. The fourth-order valence-corrected chi connectivity index (χ4v) is 1.61. The predicted octanol–water partition coefficient (Wildman–Crippen LogP) is 2.60. The van der Waals surface area contributed by atoms with Crippen LogP contribution in [0.3, 0.4) is 0 Å². The monoisotopic (exact) mass is 279 g/mol. The van der Waals surface area contributed by atoms with Gasteiger partial charge in [-0.1, -0.05) is 30.3 Å². The molecule has 0 bridgehead atoms. The molecule has 0 saturated carbocycles. The number of hydrogen-bond acceptors (Lipinski definition) is 4. The quantitative estimate of drug-likeness (QED) is 0.720. The van der Waals surface area contributed by atoms with Crippen molar-refractivity contribution in [3.63, 3.8) is 0 Å². The Hall–Kier alpha value is -2.04. The Morgan fingerprint density at radius 3 is 2.50 bits per heavy atom. The average Bonchev–Trinajstić information content (AvgIpc) is 2.46. The van der Waals surface area contributed by atoms with Crippen LogP contribution in [0.2, 0.25) is 0 Å². The largest absolute Gasteiger partial charge is 0.466 e. The third-order valence-electron chi connectivity index (χ3n) is 2.70. The highest BCUT2D eigenvalue weighted by Crippen LogP contribution is 2.03. The molecule has 0 heterocycles. The number of hydrogen-bond donors (Lipinski definition) is 0. The van der Waals surface area contributed by atoms with E-state index in [1.807, 2.05) is 30.3 Å². The number of carbonyl (C=O) groups excluding carboxylic acids is 2. The zero-order valence-electron chi connectivity index (χ0n) is 12.0. The van der Waals surface area contributed by atoms with E-state index in [4.69, 9.17) is 9.47 Å². The van der Waals surface area contributed by atoms with Gasteiger partial charge in [-0.05, 0) is 18.9 Å². The molecule has 0 unspecified atom stereocenters. The summed E-state index contributed by atoms with van der Waals surface area (Å²) >= 11 is 0.